The second kappa shape index (κ2) is 6.70. The SMILES string of the molecule is COc1cccc(C=NNC(=O)Cc2cccs2)c1. The molecule has 0 radical (unpaired) electrons. The van der Waals surface area contributed by atoms with E-state index in [4.69, 9.17) is 4.74 Å². The molecular weight excluding hydrogens is 260 g/mol. The maximum absolute atomic E-state index is 11.6. The molecule has 0 bridgehead atoms. The van der Waals surface area contributed by atoms with Crippen molar-refractivity contribution in [3.05, 3.63) is 52.2 Å². The summed E-state index contributed by atoms with van der Waals surface area (Å²) in [5, 5.41) is 5.87. The Balaban J connectivity index is 1.87. The molecule has 5 heteroatoms. The summed E-state index contributed by atoms with van der Waals surface area (Å²) in [7, 11) is 1.61. The van der Waals surface area contributed by atoms with Crippen molar-refractivity contribution in [2.75, 3.05) is 7.11 Å². The fourth-order valence-corrected chi connectivity index (χ4v) is 2.22. The van der Waals surface area contributed by atoms with E-state index in [1.165, 1.54) is 0 Å². The third-order valence-electron chi connectivity index (χ3n) is 2.41. The molecule has 0 spiro atoms. The Bertz CT molecular complexity index is 565. The lowest BCUT2D eigenvalue weighted by Crippen LogP contribution is -2.19. The van der Waals surface area contributed by atoms with Gasteiger partial charge in [0.1, 0.15) is 5.75 Å². The molecule has 1 N–H and O–H groups in total. The van der Waals surface area contributed by atoms with E-state index in [-0.39, 0.29) is 5.91 Å². The van der Waals surface area contributed by atoms with Crippen LogP contribution in [0.4, 0.5) is 0 Å². The van der Waals surface area contributed by atoms with Gasteiger partial charge in [-0.15, -0.1) is 11.3 Å². The zero-order valence-corrected chi connectivity index (χ0v) is 11.3. The summed E-state index contributed by atoms with van der Waals surface area (Å²) in [5.41, 5.74) is 3.37. The number of nitrogens with zero attached hydrogens (tertiary/aromatic N) is 1. The summed E-state index contributed by atoms with van der Waals surface area (Å²) in [6.07, 6.45) is 1.95. The van der Waals surface area contributed by atoms with Crippen molar-refractivity contribution in [1.29, 1.82) is 0 Å². The zero-order valence-electron chi connectivity index (χ0n) is 10.5. The molecule has 19 heavy (non-hydrogen) atoms. The Morgan fingerprint density at radius 3 is 3.05 bits per heavy atom. The summed E-state index contributed by atoms with van der Waals surface area (Å²) < 4.78 is 5.10. The van der Waals surface area contributed by atoms with Crippen molar-refractivity contribution in [3.8, 4) is 5.75 Å². The van der Waals surface area contributed by atoms with Crippen LogP contribution >= 0.6 is 11.3 Å². The Morgan fingerprint density at radius 2 is 2.32 bits per heavy atom. The van der Waals surface area contributed by atoms with Crippen LogP contribution in [0.5, 0.6) is 5.75 Å². The molecule has 1 aromatic heterocycles. The van der Waals surface area contributed by atoms with E-state index < -0.39 is 0 Å². The monoisotopic (exact) mass is 274 g/mol. The van der Waals surface area contributed by atoms with Gasteiger partial charge in [0.05, 0.1) is 19.7 Å². The Kier molecular flexibility index (Phi) is 4.69. The van der Waals surface area contributed by atoms with Crippen LogP contribution in [-0.2, 0) is 11.2 Å². The van der Waals surface area contributed by atoms with Gasteiger partial charge in [0.15, 0.2) is 0 Å². The van der Waals surface area contributed by atoms with Crippen LogP contribution in [0.1, 0.15) is 10.4 Å². The van der Waals surface area contributed by atoms with Crippen molar-refractivity contribution in [1.82, 2.24) is 5.43 Å². The van der Waals surface area contributed by atoms with Gasteiger partial charge in [-0.3, -0.25) is 4.79 Å². The van der Waals surface area contributed by atoms with Crippen LogP contribution < -0.4 is 10.2 Å². The lowest BCUT2D eigenvalue weighted by Gasteiger charge is -2.00. The molecule has 4 nitrogen and oxygen atoms in total. The van der Waals surface area contributed by atoms with Crippen LogP contribution in [0.15, 0.2) is 46.9 Å². The fraction of sp³-hybridized carbons (Fsp3) is 0.143. The van der Waals surface area contributed by atoms with Crippen LogP contribution in [0, 0.1) is 0 Å². The molecular formula is C14H14N2O2S. The van der Waals surface area contributed by atoms with Gasteiger partial charge in [0.25, 0.3) is 0 Å². The third kappa shape index (κ3) is 4.22. The molecule has 1 heterocycles. The fourth-order valence-electron chi connectivity index (χ4n) is 1.51. The lowest BCUT2D eigenvalue weighted by molar-refractivity contribution is -0.120. The number of carbonyl (C=O) groups is 1. The molecule has 0 aliphatic rings. The normalized spacial score (nSPS) is 10.6. The van der Waals surface area contributed by atoms with E-state index in [0.717, 1.165) is 16.2 Å². The number of benzene rings is 1. The average Bonchev–Trinajstić information content (AvgIpc) is 2.92. The van der Waals surface area contributed by atoms with Crippen molar-refractivity contribution >= 4 is 23.5 Å². The topological polar surface area (TPSA) is 50.7 Å². The number of hydrogen-bond acceptors (Lipinski definition) is 4. The van der Waals surface area contributed by atoms with Crippen LogP contribution in [0.2, 0.25) is 0 Å². The van der Waals surface area contributed by atoms with Gasteiger partial charge in [0, 0.05) is 4.88 Å². The molecule has 2 aromatic rings. The van der Waals surface area contributed by atoms with Gasteiger partial charge in [0.2, 0.25) is 5.91 Å². The molecule has 0 unspecified atom stereocenters. The maximum atomic E-state index is 11.6. The summed E-state index contributed by atoms with van der Waals surface area (Å²) >= 11 is 1.56. The van der Waals surface area contributed by atoms with E-state index in [0.29, 0.717) is 6.42 Å². The number of nitrogens with one attached hydrogen (secondary N) is 1. The van der Waals surface area contributed by atoms with E-state index in [2.05, 4.69) is 10.5 Å². The zero-order chi connectivity index (χ0) is 13.5. The Labute approximate surface area is 115 Å². The molecule has 0 aliphatic carbocycles. The first-order valence-electron chi connectivity index (χ1n) is 5.76. The number of hydrogen-bond donors (Lipinski definition) is 1. The minimum atomic E-state index is -0.124. The third-order valence-corrected chi connectivity index (χ3v) is 3.29. The van der Waals surface area contributed by atoms with Gasteiger partial charge >= 0.3 is 0 Å². The van der Waals surface area contributed by atoms with E-state index in [1.54, 1.807) is 24.7 Å². The smallest absolute Gasteiger partial charge is 0.245 e. The highest BCUT2D eigenvalue weighted by Crippen LogP contribution is 2.11. The number of rotatable bonds is 5. The van der Waals surface area contributed by atoms with Crippen LogP contribution in [0.3, 0.4) is 0 Å². The summed E-state index contributed by atoms with van der Waals surface area (Å²) in [5.74, 6) is 0.635. The predicted molar refractivity (Wildman–Crippen MR) is 76.8 cm³/mol. The van der Waals surface area contributed by atoms with Gasteiger partial charge in [-0.1, -0.05) is 18.2 Å². The van der Waals surface area contributed by atoms with E-state index >= 15 is 0 Å². The predicted octanol–water partition coefficient (Wildman–Crippen LogP) is 2.45. The molecule has 2 rings (SSSR count). The molecule has 98 valence electrons. The number of ether oxygens (including phenoxy) is 1. The quantitative estimate of drug-likeness (QED) is 0.672. The number of methoxy groups -OCH3 is 1. The van der Waals surface area contributed by atoms with Gasteiger partial charge in [-0.05, 0) is 29.1 Å². The minimum absolute atomic E-state index is 0.124. The maximum Gasteiger partial charge on any atom is 0.245 e. The molecule has 0 saturated heterocycles. The van der Waals surface area contributed by atoms with Crippen LogP contribution in [0.25, 0.3) is 0 Å². The molecule has 1 amide bonds. The average molecular weight is 274 g/mol. The molecule has 0 fully saturated rings. The number of carbonyl (C=O) groups excluding carboxylic acids is 1. The van der Waals surface area contributed by atoms with Gasteiger partial charge in [-0.2, -0.15) is 5.10 Å². The standard InChI is InChI=1S/C14H14N2O2S/c1-18-12-5-2-4-11(8-12)10-15-16-14(17)9-13-6-3-7-19-13/h2-8,10H,9H2,1H3,(H,16,17). The van der Waals surface area contributed by atoms with Crippen molar-refractivity contribution in [3.63, 3.8) is 0 Å². The first-order chi connectivity index (χ1) is 9.28. The van der Waals surface area contributed by atoms with Gasteiger partial charge < -0.3 is 4.74 Å². The van der Waals surface area contributed by atoms with Crippen molar-refractivity contribution in [2.45, 2.75) is 6.42 Å². The first kappa shape index (κ1) is 13.3. The summed E-state index contributed by atoms with van der Waals surface area (Å²) in [6, 6.07) is 11.3. The second-order valence-electron chi connectivity index (χ2n) is 3.83. The summed E-state index contributed by atoms with van der Waals surface area (Å²) in [6.45, 7) is 0. The summed E-state index contributed by atoms with van der Waals surface area (Å²) in [4.78, 5) is 12.6. The first-order valence-corrected chi connectivity index (χ1v) is 6.64. The number of amides is 1. The highest BCUT2D eigenvalue weighted by Gasteiger charge is 2.02. The Hall–Kier alpha value is -2.14. The highest BCUT2D eigenvalue weighted by molar-refractivity contribution is 7.10. The molecule has 0 aliphatic heterocycles. The largest absolute Gasteiger partial charge is 0.497 e. The van der Waals surface area contributed by atoms with E-state index in [9.17, 15) is 4.79 Å². The van der Waals surface area contributed by atoms with Gasteiger partial charge in [-0.25, -0.2) is 5.43 Å². The van der Waals surface area contributed by atoms with Crippen molar-refractivity contribution < 1.29 is 9.53 Å². The highest BCUT2D eigenvalue weighted by atomic mass is 32.1. The number of hydrazone groups is 1. The van der Waals surface area contributed by atoms with Crippen LogP contribution in [-0.4, -0.2) is 19.2 Å². The Morgan fingerprint density at radius 1 is 1.42 bits per heavy atom. The van der Waals surface area contributed by atoms with Crippen molar-refractivity contribution in [2.24, 2.45) is 5.10 Å². The molecule has 0 saturated carbocycles. The van der Waals surface area contributed by atoms with E-state index in [1.807, 2.05) is 41.8 Å². The minimum Gasteiger partial charge on any atom is -0.497 e. The second-order valence-corrected chi connectivity index (χ2v) is 4.86. The number of thiophene rings is 1. The molecule has 0 atom stereocenters. The molecule has 1 aromatic carbocycles. The lowest BCUT2D eigenvalue weighted by atomic mass is 10.2.